The molecule has 2 fully saturated rings. The fourth-order valence-corrected chi connectivity index (χ4v) is 8.22. The summed E-state index contributed by atoms with van der Waals surface area (Å²) in [7, 11) is 0. The summed E-state index contributed by atoms with van der Waals surface area (Å²) in [6, 6.07) is 27.5. The van der Waals surface area contributed by atoms with Gasteiger partial charge in [-0.25, -0.2) is 0 Å². The lowest BCUT2D eigenvalue weighted by Crippen LogP contribution is -2.59. The molecule has 3 amide bonds. The average molecular weight is 632 g/mol. The second-order valence-corrected chi connectivity index (χ2v) is 13.1. The van der Waals surface area contributed by atoms with Crippen molar-refractivity contribution in [1.29, 1.82) is 0 Å². The summed E-state index contributed by atoms with van der Waals surface area (Å²) < 4.78 is 7.15. The zero-order valence-corrected chi connectivity index (χ0v) is 26.7. The van der Waals surface area contributed by atoms with E-state index in [0.717, 1.165) is 16.7 Å². The van der Waals surface area contributed by atoms with Gasteiger partial charge in [0.2, 0.25) is 17.7 Å². The number of likely N-dealkylation sites (tertiary alicyclic amines) is 1. The molecule has 4 aliphatic heterocycles. The van der Waals surface area contributed by atoms with E-state index in [1.54, 1.807) is 14.7 Å². The van der Waals surface area contributed by atoms with Gasteiger partial charge in [-0.2, -0.15) is 0 Å². The van der Waals surface area contributed by atoms with Gasteiger partial charge in [0.25, 0.3) is 0 Å². The molecule has 0 bridgehead atoms. The number of fused-ring (bicyclic) bond motifs is 2. The van der Waals surface area contributed by atoms with Crippen molar-refractivity contribution < 1.29 is 24.2 Å². The maximum absolute atomic E-state index is 15.0. The molecule has 7 rings (SSSR count). The van der Waals surface area contributed by atoms with Gasteiger partial charge in [-0.3, -0.25) is 14.4 Å². The number of nitrogens with zero attached hydrogens (tertiary/aromatic N) is 3. The van der Waals surface area contributed by atoms with Crippen molar-refractivity contribution in [2.75, 3.05) is 19.7 Å². The van der Waals surface area contributed by atoms with Gasteiger partial charge in [0, 0.05) is 26.2 Å². The number of ether oxygens (including phenoxy) is 1. The number of rotatable bonds is 9. The van der Waals surface area contributed by atoms with Crippen LogP contribution in [0.15, 0.2) is 115 Å². The van der Waals surface area contributed by atoms with Gasteiger partial charge in [0.1, 0.15) is 11.6 Å². The van der Waals surface area contributed by atoms with Crippen LogP contribution in [0.4, 0.5) is 0 Å². The molecule has 2 saturated heterocycles. The van der Waals surface area contributed by atoms with Crippen LogP contribution in [0.3, 0.4) is 0 Å². The molecule has 3 aromatic rings. The van der Waals surface area contributed by atoms with Crippen molar-refractivity contribution in [3.05, 3.63) is 132 Å². The van der Waals surface area contributed by atoms with Crippen molar-refractivity contribution in [1.82, 2.24) is 14.7 Å². The second-order valence-electron chi connectivity index (χ2n) is 13.1. The largest absolute Gasteiger partial charge is 0.394 e. The molecule has 1 unspecified atom stereocenters. The summed E-state index contributed by atoms with van der Waals surface area (Å²) >= 11 is 0. The highest BCUT2D eigenvalue weighted by atomic mass is 16.5. The summed E-state index contributed by atoms with van der Waals surface area (Å²) in [4.78, 5) is 49.7. The Balaban J connectivity index is 1.33. The third-order valence-electron chi connectivity index (χ3n) is 10.4. The van der Waals surface area contributed by atoms with Crippen LogP contribution in [-0.4, -0.2) is 80.5 Å². The first-order valence-electron chi connectivity index (χ1n) is 16.6. The quantitative estimate of drug-likeness (QED) is 0.359. The first-order chi connectivity index (χ1) is 22.9. The highest BCUT2D eigenvalue weighted by molar-refractivity contribution is 6.00. The van der Waals surface area contributed by atoms with Gasteiger partial charge in [-0.1, -0.05) is 122 Å². The minimum Gasteiger partial charge on any atom is -0.394 e. The molecule has 0 radical (unpaired) electrons. The number of aliphatic hydroxyl groups excluding tert-OH is 1. The van der Waals surface area contributed by atoms with E-state index in [1.165, 1.54) is 0 Å². The van der Waals surface area contributed by atoms with E-state index >= 15 is 4.79 Å². The lowest BCUT2D eigenvalue weighted by atomic mass is 9.73. The average Bonchev–Trinajstić information content (AvgIpc) is 3.41. The molecule has 6 atom stereocenters. The number of hydrogen-bond donors (Lipinski definition) is 1. The minimum absolute atomic E-state index is 0.161. The Labute approximate surface area is 275 Å². The SMILES string of the molecule is CC[C@]12C=CCN(Cc3ccccc3)C(=O)[C@H]1[C@H]1C(=O)N([C@@H](CO)Cc3ccccc3)C3C(=O)N(Cc4ccccc4)CC=C[C@@]31O2. The van der Waals surface area contributed by atoms with Crippen molar-refractivity contribution in [2.24, 2.45) is 11.8 Å². The Kier molecular flexibility index (Phi) is 8.32. The van der Waals surface area contributed by atoms with Crippen LogP contribution in [0.25, 0.3) is 0 Å². The predicted molar refractivity (Wildman–Crippen MR) is 177 cm³/mol. The van der Waals surface area contributed by atoms with Gasteiger partial charge >= 0.3 is 0 Å². The van der Waals surface area contributed by atoms with Crippen LogP contribution in [-0.2, 0) is 38.6 Å². The van der Waals surface area contributed by atoms with Gasteiger partial charge in [0.05, 0.1) is 30.1 Å². The van der Waals surface area contributed by atoms with Crippen LogP contribution in [0.2, 0.25) is 0 Å². The zero-order valence-electron chi connectivity index (χ0n) is 26.7. The van der Waals surface area contributed by atoms with E-state index in [1.807, 2.05) is 122 Å². The molecule has 242 valence electrons. The molecule has 8 heteroatoms. The molecule has 47 heavy (non-hydrogen) atoms. The first-order valence-corrected chi connectivity index (χ1v) is 16.6. The van der Waals surface area contributed by atoms with Crippen LogP contribution in [0.1, 0.15) is 30.0 Å². The monoisotopic (exact) mass is 631 g/mol. The summed E-state index contributed by atoms with van der Waals surface area (Å²) in [5.74, 6) is -2.52. The Hall–Kier alpha value is -4.53. The molecular formula is C39H41N3O5. The van der Waals surface area contributed by atoms with Crippen LogP contribution < -0.4 is 0 Å². The Morgan fingerprint density at radius 2 is 1.26 bits per heavy atom. The fraction of sp³-hybridized carbons (Fsp3) is 0.359. The van der Waals surface area contributed by atoms with Crippen molar-refractivity contribution >= 4 is 17.7 Å². The van der Waals surface area contributed by atoms with E-state index in [-0.39, 0.29) is 24.3 Å². The molecular weight excluding hydrogens is 590 g/mol. The minimum atomic E-state index is -1.39. The number of carbonyl (C=O) groups is 3. The smallest absolute Gasteiger partial charge is 0.249 e. The highest BCUT2D eigenvalue weighted by Gasteiger charge is 2.75. The van der Waals surface area contributed by atoms with Crippen LogP contribution >= 0.6 is 0 Å². The molecule has 0 aromatic heterocycles. The number of benzene rings is 3. The third kappa shape index (κ3) is 5.29. The molecule has 1 spiro atoms. The van der Waals surface area contributed by atoms with Gasteiger partial charge < -0.3 is 24.5 Å². The third-order valence-corrected chi connectivity index (χ3v) is 10.4. The molecule has 3 aromatic carbocycles. The summed E-state index contributed by atoms with van der Waals surface area (Å²) in [6.07, 6.45) is 8.54. The van der Waals surface area contributed by atoms with Crippen LogP contribution in [0, 0.1) is 11.8 Å². The Bertz CT molecular complexity index is 1680. The summed E-state index contributed by atoms with van der Waals surface area (Å²) in [6.45, 7) is 3.12. The molecule has 8 nitrogen and oxygen atoms in total. The normalized spacial score (nSPS) is 28.9. The maximum Gasteiger partial charge on any atom is 0.249 e. The Morgan fingerprint density at radius 3 is 1.81 bits per heavy atom. The first kappa shape index (κ1) is 31.1. The number of aliphatic hydroxyl groups is 1. The maximum atomic E-state index is 15.0. The van der Waals surface area contributed by atoms with E-state index in [4.69, 9.17) is 4.74 Å². The molecule has 0 saturated carbocycles. The highest BCUT2D eigenvalue weighted by Crippen LogP contribution is 2.59. The van der Waals surface area contributed by atoms with Crippen molar-refractivity contribution in [3.63, 3.8) is 0 Å². The fourth-order valence-electron chi connectivity index (χ4n) is 8.22. The van der Waals surface area contributed by atoms with Gasteiger partial charge in [-0.15, -0.1) is 0 Å². The second kappa shape index (κ2) is 12.6. The summed E-state index contributed by atoms with van der Waals surface area (Å²) in [5.41, 5.74) is 0.446. The number of amides is 3. The van der Waals surface area contributed by atoms with Gasteiger partial charge in [0.15, 0.2) is 0 Å². The molecule has 4 aliphatic rings. The summed E-state index contributed by atoms with van der Waals surface area (Å²) in [5, 5.41) is 10.8. The topological polar surface area (TPSA) is 90.4 Å². The number of carbonyl (C=O) groups excluding carboxylic acids is 3. The standard InChI is InChI=1S/C39H41N3O5/c1-2-38-20-12-22-40(25-29-16-8-4-9-17-29)35(44)32(38)33-36(45)42(31(27-43)24-28-14-6-3-7-15-28)34-37(46)41(23-13-21-39(33,34)47-38)26-30-18-10-5-11-19-30/h3-21,31-34,43H,2,22-27H2,1H3/t31-,32-,33+,34?,38+,39+/m1/s1. The van der Waals surface area contributed by atoms with E-state index in [2.05, 4.69) is 0 Å². The van der Waals surface area contributed by atoms with Crippen LogP contribution in [0.5, 0.6) is 0 Å². The molecule has 1 N–H and O–H groups in total. The van der Waals surface area contributed by atoms with Crippen molar-refractivity contribution in [3.8, 4) is 0 Å². The predicted octanol–water partition coefficient (Wildman–Crippen LogP) is 4.15. The molecule has 0 aliphatic carbocycles. The zero-order chi connectivity index (χ0) is 32.6. The lowest BCUT2D eigenvalue weighted by Gasteiger charge is -2.41. The molecule has 4 heterocycles. The van der Waals surface area contributed by atoms with Crippen molar-refractivity contribution in [2.45, 2.75) is 56.1 Å². The van der Waals surface area contributed by atoms with Gasteiger partial charge in [-0.05, 0) is 29.5 Å². The number of hydrogen-bond acceptors (Lipinski definition) is 5. The van der Waals surface area contributed by atoms with E-state index < -0.39 is 35.1 Å². The lowest BCUT2D eigenvalue weighted by molar-refractivity contribution is -0.157. The van der Waals surface area contributed by atoms with E-state index in [0.29, 0.717) is 39.0 Å². The Morgan fingerprint density at radius 1 is 0.723 bits per heavy atom. The van der Waals surface area contributed by atoms with E-state index in [9.17, 15) is 14.7 Å².